The molecule has 0 fully saturated rings. The summed E-state index contributed by atoms with van der Waals surface area (Å²) in [6, 6.07) is 32.3. The molecule has 0 aliphatic heterocycles. The molecular formula is C36H26F6OP2S. The molecule has 0 saturated heterocycles. The van der Waals surface area contributed by atoms with Crippen LogP contribution in [0, 0.1) is 0 Å². The SMILES string of the molecule is O=P(CCP(=S)(c1ccc(C(F)(F)F)cc1)c1ccc(C(F)(F)F)cc1)(c1cccc2ccccc12)c1cccc2ccccc12. The van der Waals surface area contributed by atoms with Crippen molar-refractivity contribution in [1.82, 2.24) is 0 Å². The topological polar surface area (TPSA) is 17.1 Å². The number of hydrogen-bond donors (Lipinski definition) is 0. The fraction of sp³-hybridized carbons (Fsp3) is 0.111. The second kappa shape index (κ2) is 12.2. The maximum absolute atomic E-state index is 15.8. The van der Waals surface area contributed by atoms with Crippen LogP contribution in [0.25, 0.3) is 21.5 Å². The lowest BCUT2D eigenvalue weighted by molar-refractivity contribution is -0.138. The van der Waals surface area contributed by atoms with E-state index in [1.54, 1.807) is 0 Å². The van der Waals surface area contributed by atoms with Crippen LogP contribution in [0.2, 0.25) is 0 Å². The lowest BCUT2D eigenvalue weighted by atomic mass is 10.1. The molecular weight excluding hydrogens is 656 g/mol. The summed E-state index contributed by atoms with van der Waals surface area (Å²) in [5.41, 5.74) is -1.72. The summed E-state index contributed by atoms with van der Waals surface area (Å²) in [4.78, 5) is 0. The number of halogens is 6. The van der Waals surface area contributed by atoms with E-state index in [1.165, 1.54) is 24.3 Å². The van der Waals surface area contributed by atoms with Crippen LogP contribution in [0.4, 0.5) is 26.3 Å². The molecule has 0 radical (unpaired) electrons. The first kappa shape index (κ1) is 32.2. The van der Waals surface area contributed by atoms with Crippen LogP contribution in [-0.4, -0.2) is 12.3 Å². The lowest BCUT2D eigenvalue weighted by Gasteiger charge is -2.28. The smallest absolute Gasteiger partial charge is 0.314 e. The molecule has 0 aliphatic carbocycles. The van der Waals surface area contributed by atoms with Crippen molar-refractivity contribution in [3.05, 3.63) is 145 Å². The van der Waals surface area contributed by atoms with Gasteiger partial charge in [-0.1, -0.05) is 121 Å². The average molecular weight is 683 g/mol. The van der Waals surface area contributed by atoms with Crippen molar-refractivity contribution < 1.29 is 30.9 Å². The molecule has 0 atom stereocenters. The molecule has 0 amide bonds. The first-order valence-corrected chi connectivity index (χ1v) is 19.2. The van der Waals surface area contributed by atoms with Gasteiger partial charge < -0.3 is 4.57 Å². The van der Waals surface area contributed by atoms with Crippen molar-refractivity contribution in [1.29, 1.82) is 0 Å². The average Bonchev–Trinajstić information content (AvgIpc) is 3.06. The molecule has 234 valence electrons. The minimum atomic E-state index is -4.58. The van der Waals surface area contributed by atoms with Crippen LogP contribution in [0.3, 0.4) is 0 Å². The highest BCUT2D eigenvalue weighted by Gasteiger charge is 2.36. The highest BCUT2D eigenvalue weighted by molar-refractivity contribution is 8.22. The van der Waals surface area contributed by atoms with Crippen LogP contribution < -0.4 is 21.2 Å². The molecule has 0 aromatic heterocycles. The van der Waals surface area contributed by atoms with E-state index < -0.39 is 36.7 Å². The number of alkyl halides is 6. The van der Waals surface area contributed by atoms with Gasteiger partial charge in [0.15, 0.2) is 0 Å². The molecule has 6 aromatic carbocycles. The highest BCUT2D eigenvalue weighted by atomic mass is 32.4. The van der Waals surface area contributed by atoms with Gasteiger partial charge in [0, 0.05) is 22.8 Å². The Labute approximate surface area is 267 Å². The van der Waals surface area contributed by atoms with E-state index in [2.05, 4.69) is 0 Å². The van der Waals surface area contributed by atoms with Crippen molar-refractivity contribution in [2.24, 2.45) is 0 Å². The Bertz CT molecular complexity index is 1980. The van der Waals surface area contributed by atoms with Crippen LogP contribution in [0.1, 0.15) is 11.1 Å². The third-order valence-electron chi connectivity index (χ3n) is 8.26. The van der Waals surface area contributed by atoms with Gasteiger partial charge in [-0.2, -0.15) is 26.3 Å². The molecule has 10 heteroatoms. The summed E-state index contributed by atoms with van der Waals surface area (Å²) in [7, 11) is -3.52. The van der Waals surface area contributed by atoms with Gasteiger partial charge in [0.05, 0.1) is 11.1 Å². The minimum absolute atomic E-state index is 0.0499. The largest absolute Gasteiger partial charge is 0.416 e. The molecule has 0 spiro atoms. The summed E-state index contributed by atoms with van der Waals surface area (Å²) in [5, 5.41) is 5.45. The van der Waals surface area contributed by atoms with E-state index >= 15 is 4.57 Å². The predicted molar refractivity (Wildman–Crippen MR) is 181 cm³/mol. The van der Waals surface area contributed by atoms with E-state index in [1.807, 2.05) is 84.9 Å². The molecule has 0 unspecified atom stereocenters. The van der Waals surface area contributed by atoms with Gasteiger partial charge >= 0.3 is 12.4 Å². The second-order valence-corrected chi connectivity index (χ2v) is 18.7. The Morgan fingerprint density at radius 1 is 0.478 bits per heavy atom. The number of benzene rings is 6. The molecule has 0 saturated carbocycles. The Morgan fingerprint density at radius 3 is 1.24 bits per heavy atom. The summed E-state index contributed by atoms with van der Waals surface area (Å²) in [6.07, 6.45) is -9.00. The molecule has 6 rings (SSSR count). The maximum Gasteiger partial charge on any atom is 0.416 e. The number of hydrogen-bond acceptors (Lipinski definition) is 2. The monoisotopic (exact) mass is 682 g/mol. The molecule has 0 aliphatic rings. The fourth-order valence-corrected chi connectivity index (χ4v) is 14.3. The fourth-order valence-electron chi connectivity index (χ4n) is 5.89. The lowest BCUT2D eigenvalue weighted by Crippen LogP contribution is -2.26. The van der Waals surface area contributed by atoms with E-state index in [4.69, 9.17) is 11.8 Å². The van der Waals surface area contributed by atoms with Crippen LogP contribution in [0.5, 0.6) is 0 Å². The molecule has 1 nitrogen and oxygen atoms in total. The third-order valence-corrected chi connectivity index (χ3v) is 16.7. The summed E-state index contributed by atoms with van der Waals surface area (Å²) in [6.45, 7) is 0. The molecule has 46 heavy (non-hydrogen) atoms. The Kier molecular flexibility index (Phi) is 8.52. The van der Waals surface area contributed by atoms with Crippen molar-refractivity contribution >= 4 is 67.7 Å². The summed E-state index contributed by atoms with van der Waals surface area (Å²) in [5.74, 6) is 0. The quantitative estimate of drug-likeness (QED) is 0.123. The summed E-state index contributed by atoms with van der Waals surface area (Å²) >= 11 is 6.30. The van der Waals surface area contributed by atoms with Crippen LogP contribution in [-0.2, 0) is 28.7 Å². The van der Waals surface area contributed by atoms with Crippen molar-refractivity contribution in [2.45, 2.75) is 12.4 Å². The predicted octanol–water partition coefficient (Wildman–Crippen LogP) is 9.47. The normalized spacial score (nSPS) is 12.9. The number of rotatable bonds is 7. The van der Waals surface area contributed by atoms with Gasteiger partial charge in [0.25, 0.3) is 0 Å². The second-order valence-electron chi connectivity index (χ2n) is 11.0. The third kappa shape index (κ3) is 6.07. The molecule has 0 bridgehead atoms. The van der Waals surface area contributed by atoms with Crippen molar-refractivity contribution in [3.63, 3.8) is 0 Å². The van der Waals surface area contributed by atoms with E-state index in [0.717, 1.165) is 45.8 Å². The van der Waals surface area contributed by atoms with Crippen LogP contribution >= 0.6 is 13.2 Å². The number of fused-ring (bicyclic) bond motifs is 2. The zero-order valence-corrected chi connectivity index (χ0v) is 26.7. The zero-order valence-electron chi connectivity index (χ0n) is 24.1. The first-order chi connectivity index (χ1) is 21.8. The van der Waals surface area contributed by atoms with Crippen molar-refractivity contribution in [3.8, 4) is 0 Å². The van der Waals surface area contributed by atoms with E-state index in [-0.39, 0.29) is 12.3 Å². The minimum Gasteiger partial charge on any atom is -0.314 e. The van der Waals surface area contributed by atoms with Gasteiger partial charge in [-0.25, -0.2) is 0 Å². The Balaban J connectivity index is 1.54. The van der Waals surface area contributed by atoms with Crippen molar-refractivity contribution in [2.75, 3.05) is 12.3 Å². The van der Waals surface area contributed by atoms with E-state index in [9.17, 15) is 26.3 Å². The maximum atomic E-state index is 15.8. The molecule has 6 aromatic rings. The first-order valence-electron chi connectivity index (χ1n) is 14.3. The molecule has 0 N–H and O–H groups in total. The van der Waals surface area contributed by atoms with Gasteiger partial charge in [-0.15, -0.1) is 0 Å². The van der Waals surface area contributed by atoms with Gasteiger partial charge in [-0.3, -0.25) is 0 Å². The Morgan fingerprint density at radius 2 is 0.848 bits per heavy atom. The van der Waals surface area contributed by atoms with Gasteiger partial charge in [0.2, 0.25) is 0 Å². The zero-order chi connectivity index (χ0) is 32.7. The van der Waals surface area contributed by atoms with Gasteiger partial charge in [0.1, 0.15) is 7.14 Å². The van der Waals surface area contributed by atoms with Gasteiger partial charge in [-0.05, 0) is 62.6 Å². The van der Waals surface area contributed by atoms with Crippen LogP contribution in [0.15, 0.2) is 133 Å². The highest BCUT2D eigenvalue weighted by Crippen LogP contribution is 2.53. The standard InChI is InChI=1S/C36H26F6OP2S/c37-35(38,39)27-15-19-29(20-16-27)45(46,30-21-17-28(18-22-30)36(40,41)42)24-23-44(43,33-13-5-9-25-7-1-3-11-31(25)33)34-14-6-10-26-8-2-4-12-32(26)34/h1-22H,23-24H2. The van der Waals surface area contributed by atoms with E-state index in [0.29, 0.717) is 21.2 Å². The Hall–Kier alpha value is -3.70. The molecule has 0 heterocycles. The summed E-state index contributed by atoms with van der Waals surface area (Å²) < 4.78 is 96.6.